The highest BCUT2D eigenvalue weighted by Gasteiger charge is 2.40. The second-order valence-corrected chi connectivity index (χ2v) is 4.60. The van der Waals surface area contributed by atoms with Crippen LogP contribution < -0.4 is 0 Å². The summed E-state index contributed by atoms with van der Waals surface area (Å²) >= 11 is 0. The molecule has 0 bridgehead atoms. The van der Waals surface area contributed by atoms with E-state index in [-0.39, 0.29) is 5.31 Å². The lowest BCUT2D eigenvalue weighted by atomic mass is 9.45. The molecule has 0 aromatic heterocycles. The summed E-state index contributed by atoms with van der Waals surface area (Å²) in [4.78, 5) is 0. The van der Waals surface area contributed by atoms with Gasteiger partial charge < -0.3 is 9.84 Å². The molecule has 0 amide bonds. The Kier molecular flexibility index (Phi) is 2.94. The van der Waals surface area contributed by atoms with Crippen molar-refractivity contribution in [3.63, 3.8) is 0 Å². The first-order chi connectivity index (χ1) is 6.33. The van der Waals surface area contributed by atoms with E-state index >= 15 is 0 Å². The first-order valence-electron chi connectivity index (χ1n) is 5.63. The van der Waals surface area contributed by atoms with Crippen LogP contribution in [0, 0.1) is 0 Å². The van der Waals surface area contributed by atoms with Gasteiger partial charge in [-0.2, -0.15) is 0 Å². The highest BCUT2D eigenvalue weighted by molar-refractivity contribution is 6.40. The third-order valence-corrected chi connectivity index (χ3v) is 3.72. The Balaban J connectivity index is 2.06. The first kappa shape index (κ1) is 9.54. The van der Waals surface area contributed by atoms with Gasteiger partial charge in [0, 0.05) is 6.61 Å². The second-order valence-electron chi connectivity index (χ2n) is 4.60. The van der Waals surface area contributed by atoms with E-state index in [9.17, 15) is 5.11 Å². The Hall–Kier alpha value is -0.0151. The zero-order chi connectivity index (χ0) is 9.15. The fraction of sp³-hybridized carbons (Fsp3) is 1.00. The quantitative estimate of drug-likeness (QED) is 0.577. The van der Waals surface area contributed by atoms with Gasteiger partial charge in [0.2, 0.25) is 0 Å². The summed E-state index contributed by atoms with van der Waals surface area (Å²) in [5.74, 6) is 0. The Bertz CT molecular complexity index is 166. The molecule has 1 aliphatic heterocycles. The zero-order valence-corrected chi connectivity index (χ0v) is 8.30. The Labute approximate surface area is 80.9 Å². The van der Waals surface area contributed by atoms with Crippen LogP contribution in [0.4, 0.5) is 0 Å². The maximum atomic E-state index is 9.94. The Morgan fingerprint density at radius 3 is 2.69 bits per heavy atom. The van der Waals surface area contributed by atoms with Crippen LogP contribution in [0.1, 0.15) is 38.5 Å². The van der Waals surface area contributed by atoms with Gasteiger partial charge in [0.05, 0.1) is 0 Å². The van der Waals surface area contributed by atoms with Crippen LogP contribution in [0.25, 0.3) is 0 Å². The predicted octanol–water partition coefficient (Wildman–Crippen LogP) is 1.70. The van der Waals surface area contributed by atoms with Gasteiger partial charge in [0.1, 0.15) is 7.28 Å². The third kappa shape index (κ3) is 1.91. The molecule has 1 atom stereocenters. The summed E-state index contributed by atoms with van der Waals surface area (Å²) in [6.45, 7) is 0.753. The monoisotopic (exact) mass is 182 g/mol. The molecule has 2 nitrogen and oxygen atoms in total. The van der Waals surface area contributed by atoms with Crippen molar-refractivity contribution in [1.29, 1.82) is 0 Å². The fourth-order valence-corrected chi connectivity index (χ4v) is 2.83. The average molecular weight is 182 g/mol. The molecule has 2 fully saturated rings. The lowest BCUT2D eigenvalue weighted by Crippen LogP contribution is -2.35. The smallest absolute Gasteiger partial charge is 0.153 e. The minimum absolute atomic E-state index is 0.134. The van der Waals surface area contributed by atoms with E-state index in [1.807, 2.05) is 0 Å². The van der Waals surface area contributed by atoms with Crippen LogP contribution in [0.3, 0.4) is 0 Å². The minimum atomic E-state index is -0.477. The summed E-state index contributed by atoms with van der Waals surface area (Å²) in [7, 11) is 1.17. The molecule has 1 saturated heterocycles. The van der Waals surface area contributed by atoms with E-state index in [4.69, 9.17) is 4.74 Å². The van der Waals surface area contributed by atoms with Crippen LogP contribution in [-0.2, 0) is 4.74 Å². The van der Waals surface area contributed by atoms with Crippen molar-refractivity contribution in [3.8, 4) is 0 Å². The molecule has 2 rings (SSSR count). The summed E-state index contributed by atoms with van der Waals surface area (Å²) in [6, 6.07) is 0. The number of rotatable bonds is 0. The molecule has 0 aromatic rings. The van der Waals surface area contributed by atoms with Crippen LogP contribution in [0.15, 0.2) is 0 Å². The molecule has 1 heterocycles. The van der Waals surface area contributed by atoms with Gasteiger partial charge in [-0.3, -0.25) is 0 Å². The molecule has 13 heavy (non-hydrogen) atoms. The average Bonchev–Trinajstić information content (AvgIpc) is 2.33. The molecule has 1 unspecified atom stereocenters. The Morgan fingerprint density at radius 1 is 1.15 bits per heavy atom. The molecule has 1 saturated carbocycles. The molecular formula is C10H19BO2. The van der Waals surface area contributed by atoms with Gasteiger partial charge in [0.15, 0.2) is 6.29 Å². The summed E-state index contributed by atoms with van der Waals surface area (Å²) in [5.41, 5.74) is 0. The lowest BCUT2D eigenvalue weighted by Gasteiger charge is -2.39. The molecule has 1 aliphatic carbocycles. The Morgan fingerprint density at radius 2 is 1.92 bits per heavy atom. The van der Waals surface area contributed by atoms with Crippen molar-refractivity contribution in [2.45, 2.75) is 56.4 Å². The van der Waals surface area contributed by atoms with E-state index in [0.29, 0.717) is 0 Å². The van der Waals surface area contributed by atoms with Crippen molar-refractivity contribution in [2.24, 2.45) is 0 Å². The summed E-state index contributed by atoms with van der Waals surface area (Å²) < 4.78 is 5.45. The van der Waals surface area contributed by atoms with Crippen molar-refractivity contribution < 1.29 is 9.84 Å². The maximum absolute atomic E-state index is 9.94. The molecule has 3 heteroatoms. The normalized spacial score (nSPS) is 33.8. The lowest BCUT2D eigenvalue weighted by molar-refractivity contribution is -0.130. The van der Waals surface area contributed by atoms with Crippen molar-refractivity contribution >= 4 is 7.28 Å². The third-order valence-electron chi connectivity index (χ3n) is 3.72. The van der Waals surface area contributed by atoms with Crippen LogP contribution >= 0.6 is 0 Å². The predicted molar refractivity (Wildman–Crippen MR) is 54.3 cm³/mol. The molecule has 0 radical (unpaired) electrons. The van der Waals surface area contributed by atoms with E-state index in [0.717, 1.165) is 13.0 Å². The minimum Gasteiger partial charge on any atom is -0.368 e. The van der Waals surface area contributed by atoms with E-state index in [2.05, 4.69) is 0 Å². The van der Waals surface area contributed by atoms with Crippen molar-refractivity contribution in [1.82, 2.24) is 0 Å². The number of hydrogen-bond acceptors (Lipinski definition) is 2. The standard InChI is InChI=1S/C10H19BO2/c12-9-10(5-2-1-3-6-10)11-7-4-8-13-9/h9,11-12H,1-8H2. The van der Waals surface area contributed by atoms with Crippen LogP contribution in [0.5, 0.6) is 0 Å². The van der Waals surface area contributed by atoms with Crippen molar-refractivity contribution in [3.05, 3.63) is 0 Å². The summed E-state index contributed by atoms with van der Waals surface area (Å²) in [6.07, 6.45) is 8.13. The number of hydrogen-bond donors (Lipinski definition) is 1. The van der Waals surface area contributed by atoms with Crippen LogP contribution in [-0.4, -0.2) is 25.3 Å². The molecule has 1 N–H and O–H groups in total. The summed E-state index contributed by atoms with van der Waals surface area (Å²) in [5, 5.41) is 10.1. The highest BCUT2D eigenvalue weighted by atomic mass is 16.6. The molecule has 1 spiro atoms. The van der Waals surface area contributed by atoms with Gasteiger partial charge in [-0.1, -0.05) is 25.6 Å². The largest absolute Gasteiger partial charge is 0.368 e. The maximum Gasteiger partial charge on any atom is 0.153 e. The van der Waals surface area contributed by atoms with E-state index in [1.165, 1.54) is 45.7 Å². The number of aliphatic hydroxyl groups is 1. The van der Waals surface area contributed by atoms with E-state index < -0.39 is 6.29 Å². The van der Waals surface area contributed by atoms with Gasteiger partial charge >= 0.3 is 0 Å². The molecule has 2 aliphatic rings. The van der Waals surface area contributed by atoms with Crippen LogP contribution in [0.2, 0.25) is 11.6 Å². The highest BCUT2D eigenvalue weighted by Crippen LogP contribution is 2.47. The molecule has 74 valence electrons. The molecule has 0 aromatic carbocycles. The fourth-order valence-electron chi connectivity index (χ4n) is 2.83. The topological polar surface area (TPSA) is 29.5 Å². The zero-order valence-electron chi connectivity index (χ0n) is 8.30. The van der Waals surface area contributed by atoms with Gasteiger partial charge in [-0.15, -0.1) is 0 Å². The number of aliphatic hydroxyl groups excluding tert-OH is 1. The molecular weight excluding hydrogens is 163 g/mol. The second kappa shape index (κ2) is 4.01. The van der Waals surface area contributed by atoms with Gasteiger partial charge in [-0.05, 0) is 24.6 Å². The van der Waals surface area contributed by atoms with Crippen molar-refractivity contribution in [2.75, 3.05) is 6.61 Å². The van der Waals surface area contributed by atoms with E-state index in [1.54, 1.807) is 0 Å². The first-order valence-corrected chi connectivity index (χ1v) is 5.63. The SMILES string of the molecule is OC1OCCCBC12CCCCC2. The number of ether oxygens (including phenoxy) is 1. The van der Waals surface area contributed by atoms with Gasteiger partial charge in [-0.25, -0.2) is 0 Å². The van der Waals surface area contributed by atoms with Gasteiger partial charge in [0.25, 0.3) is 0 Å².